The summed E-state index contributed by atoms with van der Waals surface area (Å²) in [6.45, 7) is 2.33. The summed E-state index contributed by atoms with van der Waals surface area (Å²) in [5.41, 5.74) is 0. The molecule has 0 aromatic rings. The van der Waals surface area contributed by atoms with Gasteiger partial charge in [-0.2, -0.15) is 0 Å². The van der Waals surface area contributed by atoms with Gasteiger partial charge in [0.1, 0.15) is 25.4 Å². The molecule has 0 fully saturated rings. The quantitative estimate of drug-likeness (QED) is 0.0146. The van der Waals surface area contributed by atoms with Crippen molar-refractivity contribution in [2.75, 3.05) is 39.6 Å². The Labute approximate surface area is 600 Å². The van der Waals surface area contributed by atoms with Gasteiger partial charge in [-0.1, -0.05) is 275 Å². The molecule has 18 heteroatoms. The molecule has 0 saturated heterocycles. The molecule has 99 heavy (non-hydrogen) atoms. The highest BCUT2D eigenvalue weighted by molar-refractivity contribution is 7.47. The van der Waals surface area contributed by atoms with Crippen molar-refractivity contribution in [1.29, 1.82) is 0 Å². The molecule has 0 rings (SSSR count). The van der Waals surface area contributed by atoms with E-state index >= 15 is 0 Å². The molecule has 0 amide bonds. The fraction of sp³-hybridized carbons (Fsp3) is 0.642. The van der Waals surface area contributed by atoms with E-state index in [1.165, 1.54) is 19.3 Å². The van der Waals surface area contributed by atoms with Gasteiger partial charge in [-0.25, -0.2) is 9.13 Å². The van der Waals surface area contributed by atoms with E-state index < -0.39 is 91.5 Å². The second-order valence-corrected chi connectivity index (χ2v) is 27.6. The molecule has 0 aliphatic heterocycles. The molecular weight excluding hydrogens is 1290 g/mol. The summed E-state index contributed by atoms with van der Waals surface area (Å²) >= 11 is 0. The number of hydrogen-bond donors (Lipinski definition) is 4. The first-order valence-electron chi connectivity index (χ1n) is 37.8. The number of carbonyl (C=O) groups excluding carboxylic acids is 3. The molecule has 0 aromatic heterocycles. The highest BCUT2D eigenvalue weighted by Crippen LogP contribution is 2.45. The highest BCUT2D eigenvalue weighted by Gasteiger charge is 2.29. The number of aliphatic hydroxyl groups is 2. The summed E-state index contributed by atoms with van der Waals surface area (Å²) in [5.74, 6) is -1.62. The number of hydrogen-bond acceptors (Lipinski definition) is 14. The average molecular weight is 1430 g/mol. The summed E-state index contributed by atoms with van der Waals surface area (Å²) in [6.07, 6.45) is 90.0. The van der Waals surface area contributed by atoms with Crippen molar-refractivity contribution in [3.05, 3.63) is 158 Å². The van der Waals surface area contributed by atoms with Crippen LogP contribution in [-0.4, -0.2) is 95.9 Å². The standard InChI is InChI=1S/C81H134O16P2/c1-4-7-10-13-16-19-22-25-27-29-31-33-35-36-37-38-40-42-43-45-47-50-52-55-58-61-64-67-79(84)91-70-76(82)71-93-98(87,88)94-72-77(83)73-95-99(89,90)96-75-78(97-81(86)69-66-63-60-57-54-49-24-21-18-15-12-9-6-3)74-92-80(85)68-65-62-59-56-53-51-48-46-44-41-39-34-32-30-28-26-23-20-17-14-11-8-5-2/h7-8,10-12,15-17,19-21,24-28,31-34,36-37,40-42,44,76-78,82-83H,4-6,9,13-14,18,22-23,29-30,35,38-39,43,45-75H2,1-3H3,(H,87,88)(H,89,90)/b10-7-,11-8-,15-12-,19-16-,20-17-,24-21-,27-25-,28-26-,33-31-,34-32-,37-36-,42-40-,44-41-. The van der Waals surface area contributed by atoms with Crippen LogP contribution >= 0.6 is 15.6 Å². The smallest absolute Gasteiger partial charge is 0.463 e. The molecule has 16 nitrogen and oxygen atoms in total. The first kappa shape index (κ1) is 94.2. The third-order valence-electron chi connectivity index (χ3n) is 15.2. The minimum absolute atomic E-state index is 0.0808. The number of allylic oxidation sites excluding steroid dienone is 26. The molecule has 5 atom stereocenters. The topological polar surface area (TPSA) is 231 Å². The van der Waals surface area contributed by atoms with Gasteiger partial charge in [0.25, 0.3) is 0 Å². The average Bonchev–Trinajstić information content (AvgIpc) is 1.04. The van der Waals surface area contributed by atoms with Crippen molar-refractivity contribution in [1.82, 2.24) is 0 Å². The Morgan fingerprint density at radius 3 is 0.848 bits per heavy atom. The van der Waals surface area contributed by atoms with Crippen molar-refractivity contribution in [3.63, 3.8) is 0 Å². The minimum Gasteiger partial charge on any atom is -0.463 e. The van der Waals surface area contributed by atoms with Crippen LogP contribution in [0.2, 0.25) is 0 Å². The second-order valence-electron chi connectivity index (χ2n) is 24.7. The second kappa shape index (κ2) is 72.9. The predicted octanol–water partition coefficient (Wildman–Crippen LogP) is 21.9. The SMILES string of the molecule is CC/C=C\C/C=C\C/C=C\C/C=C\C/C=C\C/C=C\CCCCCCCCCCC(=O)OCC(O)COP(=O)(O)OCC(O)COP(=O)(O)OCC(COC(=O)CCCCCCCCC/C=C\C/C=C\C/C=C\C/C=C\C/C=C\CC)OC(=O)CCCCCCC/C=C\C/C=C\CCC. The van der Waals surface area contributed by atoms with Crippen LogP contribution in [0.15, 0.2) is 158 Å². The van der Waals surface area contributed by atoms with Crippen LogP contribution in [0, 0.1) is 0 Å². The Balaban J connectivity index is 4.58. The van der Waals surface area contributed by atoms with Crippen LogP contribution in [0.3, 0.4) is 0 Å². The van der Waals surface area contributed by atoms with Crippen molar-refractivity contribution in [3.8, 4) is 0 Å². The summed E-state index contributed by atoms with van der Waals surface area (Å²) in [5, 5.41) is 20.6. The number of esters is 3. The number of phosphoric ester groups is 2. The molecular formula is C81H134O16P2. The molecule has 0 aliphatic carbocycles. The molecule has 0 aliphatic rings. The Kier molecular flexibility index (Phi) is 69.4. The van der Waals surface area contributed by atoms with Crippen molar-refractivity contribution in [2.45, 2.75) is 296 Å². The van der Waals surface area contributed by atoms with Gasteiger partial charge < -0.3 is 34.2 Å². The van der Waals surface area contributed by atoms with Crippen LogP contribution < -0.4 is 0 Å². The zero-order chi connectivity index (χ0) is 72.3. The van der Waals surface area contributed by atoms with E-state index in [0.29, 0.717) is 19.3 Å². The van der Waals surface area contributed by atoms with Gasteiger partial charge in [0.15, 0.2) is 6.10 Å². The first-order valence-corrected chi connectivity index (χ1v) is 40.8. The summed E-state index contributed by atoms with van der Waals surface area (Å²) < 4.78 is 61.0. The Hall–Kier alpha value is -4.83. The normalized spacial score (nSPS) is 14.9. The van der Waals surface area contributed by atoms with E-state index in [0.717, 1.165) is 199 Å². The van der Waals surface area contributed by atoms with Crippen LogP contribution in [0.1, 0.15) is 278 Å². The maximum Gasteiger partial charge on any atom is 0.472 e. The number of aliphatic hydroxyl groups excluding tert-OH is 2. The lowest BCUT2D eigenvalue weighted by atomic mass is 10.1. The lowest BCUT2D eigenvalue weighted by Gasteiger charge is -2.21. The predicted molar refractivity (Wildman–Crippen MR) is 408 cm³/mol. The van der Waals surface area contributed by atoms with Crippen molar-refractivity contribution >= 4 is 33.6 Å². The van der Waals surface area contributed by atoms with Gasteiger partial charge in [0, 0.05) is 19.3 Å². The van der Waals surface area contributed by atoms with Crippen LogP contribution in [0.4, 0.5) is 0 Å². The number of phosphoric acid groups is 2. The van der Waals surface area contributed by atoms with Gasteiger partial charge in [0.05, 0.1) is 26.4 Å². The maximum atomic E-state index is 12.9. The molecule has 564 valence electrons. The minimum atomic E-state index is -4.94. The molecule has 4 N–H and O–H groups in total. The van der Waals surface area contributed by atoms with E-state index in [-0.39, 0.29) is 19.3 Å². The Morgan fingerprint density at radius 2 is 0.535 bits per heavy atom. The van der Waals surface area contributed by atoms with Crippen molar-refractivity contribution in [2.24, 2.45) is 0 Å². The number of rotatable bonds is 70. The number of carbonyl (C=O) groups is 3. The highest BCUT2D eigenvalue weighted by atomic mass is 31.2. The van der Waals surface area contributed by atoms with Crippen molar-refractivity contribution < 1.29 is 75.8 Å². The summed E-state index contributed by atoms with van der Waals surface area (Å²) in [7, 11) is -9.80. The van der Waals surface area contributed by atoms with Crippen LogP contribution in [0.5, 0.6) is 0 Å². The third kappa shape index (κ3) is 74.2. The van der Waals surface area contributed by atoms with Gasteiger partial charge in [-0.3, -0.25) is 32.5 Å². The van der Waals surface area contributed by atoms with Gasteiger partial charge in [-0.05, 0) is 141 Å². The fourth-order valence-corrected chi connectivity index (χ4v) is 11.1. The maximum absolute atomic E-state index is 12.9. The number of unbranched alkanes of at least 4 members (excludes halogenated alkanes) is 21. The number of ether oxygens (including phenoxy) is 3. The van der Waals surface area contributed by atoms with Gasteiger partial charge in [0.2, 0.25) is 0 Å². The zero-order valence-corrected chi connectivity index (χ0v) is 63.1. The van der Waals surface area contributed by atoms with Gasteiger partial charge >= 0.3 is 33.6 Å². The van der Waals surface area contributed by atoms with E-state index in [1.807, 2.05) is 0 Å². The van der Waals surface area contributed by atoms with E-state index in [1.54, 1.807) is 0 Å². The van der Waals surface area contributed by atoms with Gasteiger partial charge in [-0.15, -0.1) is 0 Å². The Bertz CT molecular complexity index is 2430. The summed E-state index contributed by atoms with van der Waals surface area (Å²) in [6, 6.07) is 0. The molecule has 0 aromatic carbocycles. The Morgan fingerprint density at radius 1 is 0.293 bits per heavy atom. The molecule has 0 heterocycles. The molecule has 5 unspecified atom stereocenters. The lowest BCUT2D eigenvalue weighted by Crippen LogP contribution is -2.30. The third-order valence-corrected chi connectivity index (χ3v) is 17.1. The molecule has 0 spiro atoms. The van der Waals surface area contributed by atoms with E-state index in [2.05, 4.69) is 179 Å². The molecule has 0 saturated carbocycles. The van der Waals surface area contributed by atoms with E-state index in [9.17, 15) is 43.5 Å². The monoisotopic (exact) mass is 1420 g/mol. The fourth-order valence-electron chi connectivity index (χ4n) is 9.52. The summed E-state index contributed by atoms with van der Waals surface area (Å²) in [4.78, 5) is 58.5. The van der Waals surface area contributed by atoms with Crippen LogP contribution in [-0.2, 0) is 55.8 Å². The largest absolute Gasteiger partial charge is 0.472 e. The zero-order valence-electron chi connectivity index (χ0n) is 61.4. The molecule has 0 bridgehead atoms. The van der Waals surface area contributed by atoms with Crippen LogP contribution in [0.25, 0.3) is 0 Å². The lowest BCUT2D eigenvalue weighted by molar-refractivity contribution is -0.161. The first-order chi connectivity index (χ1) is 48.2. The van der Waals surface area contributed by atoms with E-state index in [4.69, 9.17) is 32.3 Å². The molecule has 0 radical (unpaired) electrons.